The number of hydrogen-bond acceptors (Lipinski definition) is 5. The predicted molar refractivity (Wildman–Crippen MR) is 88.9 cm³/mol. The molecule has 1 saturated heterocycles. The van der Waals surface area contributed by atoms with Gasteiger partial charge in [0.25, 0.3) is 0 Å². The third kappa shape index (κ3) is 3.46. The van der Waals surface area contributed by atoms with E-state index >= 15 is 0 Å². The van der Waals surface area contributed by atoms with Gasteiger partial charge in [0.1, 0.15) is 11.5 Å². The van der Waals surface area contributed by atoms with Crippen molar-refractivity contribution in [2.45, 2.75) is 12.8 Å². The van der Waals surface area contributed by atoms with Gasteiger partial charge in [-0.15, -0.1) is 0 Å². The molecule has 0 bridgehead atoms. The third-order valence-corrected chi connectivity index (χ3v) is 4.44. The topological polar surface area (TPSA) is 84.8 Å². The number of carbonyl (C=O) groups is 1. The fourth-order valence-corrected chi connectivity index (χ4v) is 3.08. The lowest BCUT2D eigenvalue weighted by Gasteiger charge is -2.30. The van der Waals surface area contributed by atoms with E-state index in [1.165, 1.54) is 11.2 Å². The first-order chi connectivity index (χ1) is 11.6. The number of hydrogen-bond donors (Lipinski definition) is 1. The van der Waals surface area contributed by atoms with Crippen LogP contribution in [-0.2, 0) is 0 Å². The third-order valence-electron chi connectivity index (χ3n) is 4.14. The number of aromatic nitrogens is 2. The number of ether oxygens (including phenoxy) is 2. The van der Waals surface area contributed by atoms with Crippen molar-refractivity contribution < 1.29 is 19.4 Å². The Hall–Kier alpha value is -2.28. The van der Waals surface area contributed by atoms with Gasteiger partial charge >= 0.3 is 6.09 Å². The minimum atomic E-state index is -0.880. The zero-order valence-electron chi connectivity index (χ0n) is 13.2. The molecule has 0 aliphatic carbocycles. The summed E-state index contributed by atoms with van der Waals surface area (Å²) in [7, 11) is 1.55. The predicted octanol–water partition coefficient (Wildman–Crippen LogP) is 3.06. The number of rotatable bonds is 4. The number of nitrogens with zero attached hydrogens (tertiary/aromatic N) is 3. The molecule has 0 saturated carbocycles. The molecule has 3 rings (SSSR count). The van der Waals surface area contributed by atoms with Crippen LogP contribution in [0.3, 0.4) is 0 Å². The molecule has 0 radical (unpaired) electrons. The second-order valence-corrected chi connectivity index (χ2v) is 6.09. The van der Waals surface area contributed by atoms with Gasteiger partial charge in [0.15, 0.2) is 11.5 Å². The van der Waals surface area contributed by atoms with Crippen LogP contribution in [0, 0.1) is 5.92 Å². The van der Waals surface area contributed by atoms with Gasteiger partial charge in [-0.05, 0) is 18.9 Å². The van der Waals surface area contributed by atoms with Crippen LogP contribution < -0.4 is 9.47 Å². The van der Waals surface area contributed by atoms with Crippen LogP contribution in [0.1, 0.15) is 12.8 Å². The highest BCUT2D eigenvalue weighted by Gasteiger charge is 2.24. The van der Waals surface area contributed by atoms with Crippen molar-refractivity contribution in [3.8, 4) is 11.5 Å². The van der Waals surface area contributed by atoms with E-state index in [2.05, 4.69) is 9.97 Å². The van der Waals surface area contributed by atoms with Crippen LogP contribution in [0.25, 0.3) is 10.9 Å². The summed E-state index contributed by atoms with van der Waals surface area (Å²) in [6.07, 6.45) is 2.30. The summed E-state index contributed by atoms with van der Waals surface area (Å²) in [5, 5.41) is 10.2. The van der Waals surface area contributed by atoms with Crippen LogP contribution in [0.2, 0.25) is 5.15 Å². The number of amides is 1. The molecule has 0 unspecified atom stereocenters. The fraction of sp³-hybridized carbons (Fsp3) is 0.438. The lowest BCUT2D eigenvalue weighted by molar-refractivity contribution is 0.104. The van der Waals surface area contributed by atoms with E-state index in [-0.39, 0.29) is 5.92 Å². The molecule has 1 N–H and O–H groups in total. The standard InChI is InChI=1S/C16H18ClN3O4/c1-23-13-5-11-12(18-9-19-15(11)17)6-14(13)24-8-10-3-2-4-20(7-10)16(21)22/h5-6,9-10H,2-4,7-8H2,1H3,(H,21,22)/t10-/m0/s1. The maximum Gasteiger partial charge on any atom is 0.407 e. The largest absolute Gasteiger partial charge is 0.493 e. The molecule has 1 fully saturated rings. The Kier molecular flexibility index (Phi) is 4.89. The van der Waals surface area contributed by atoms with E-state index in [1.807, 2.05) is 0 Å². The maximum atomic E-state index is 11.1. The number of halogens is 1. The van der Waals surface area contributed by atoms with Gasteiger partial charge in [-0.1, -0.05) is 11.6 Å². The molecule has 0 spiro atoms. The van der Waals surface area contributed by atoms with Crippen molar-refractivity contribution in [2.24, 2.45) is 5.92 Å². The molecule has 1 aliphatic rings. The smallest absolute Gasteiger partial charge is 0.407 e. The van der Waals surface area contributed by atoms with Crippen LogP contribution >= 0.6 is 11.6 Å². The molecule has 1 aromatic carbocycles. The van der Waals surface area contributed by atoms with Crippen molar-refractivity contribution in [3.63, 3.8) is 0 Å². The quantitative estimate of drug-likeness (QED) is 0.852. The Balaban J connectivity index is 1.76. The normalized spacial score (nSPS) is 17.8. The molecule has 1 aromatic heterocycles. The SMILES string of the molecule is COc1cc2c(Cl)ncnc2cc1OC[C@H]1CCCN(C(=O)O)C1. The van der Waals surface area contributed by atoms with Crippen molar-refractivity contribution in [1.82, 2.24) is 14.9 Å². The highest BCUT2D eigenvalue weighted by molar-refractivity contribution is 6.34. The first kappa shape index (κ1) is 16.6. The van der Waals surface area contributed by atoms with E-state index < -0.39 is 6.09 Å². The zero-order valence-corrected chi connectivity index (χ0v) is 14.0. The van der Waals surface area contributed by atoms with Crippen molar-refractivity contribution >= 4 is 28.6 Å². The van der Waals surface area contributed by atoms with E-state index in [0.717, 1.165) is 12.8 Å². The lowest BCUT2D eigenvalue weighted by Crippen LogP contribution is -2.40. The minimum Gasteiger partial charge on any atom is -0.493 e. The van der Waals surface area contributed by atoms with Crippen molar-refractivity contribution in [1.29, 1.82) is 0 Å². The van der Waals surface area contributed by atoms with Crippen LogP contribution in [-0.4, -0.2) is 52.9 Å². The van der Waals surface area contributed by atoms with E-state index in [0.29, 0.717) is 47.3 Å². The van der Waals surface area contributed by atoms with Gasteiger partial charge in [-0.25, -0.2) is 14.8 Å². The summed E-state index contributed by atoms with van der Waals surface area (Å²) in [5.41, 5.74) is 0.668. The number of carboxylic acid groups (broad SMARTS) is 1. The first-order valence-corrected chi connectivity index (χ1v) is 8.05. The zero-order chi connectivity index (χ0) is 17.1. The van der Waals surface area contributed by atoms with Gasteiger partial charge in [0.2, 0.25) is 0 Å². The highest BCUT2D eigenvalue weighted by atomic mass is 35.5. The van der Waals surface area contributed by atoms with Crippen molar-refractivity contribution in [2.75, 3.05) is 26.8 Å². The van der Waals surface area contributed by atoms with Crippen LogP contribution in [0.5, 0.6) is 11.5 Å². The second kappa shape index (κ2) is 7.09. The summed E-state index contributed by atoms with van der Waals surface area (Å²) in [5.74, 6) is 1.27. The Labute approximate surface area is 144 Å². The summed E-state index contributed by atoms with van der Waals surface area (Å²) in [6.45, 7) is 1.49. The monoisotopic (exact) mass is 351 g/mol. The van der Waals surface area contributed by atoms with Gasteiger partial charge in [-0.2, -0.15) is 0 Å². The average molecular weight is 352 g/mol. The molecule has 2 heterocycles. The van der Waals surface area contributed by atoms with E-state index in [4.69, 9.17) is 26.2 Å². The summed E-state index contributed by atoms with van der Waals surface area (Å²) in [4.78, 5) is 20.7. The summed E-state index contributed by atoms with van der Waals surface area (Å²) in [6, 6.07) is 3.51. The number of piperidine rings is 1. The van der Waals surface area contributed by atoms with Crippen LogP contribution in [0.4, 0.5) is 4.79 Å². The Bertz CT molecular complexity index is 755. The van der Waals surface area contributed by atoms with Gasteiger partial charge in [0.05, 0.1) is 19.2 Å². The number of benzene rings is 1. The molecule has 1 amide bonds. The van der Waals surface area contributed by atoms with Gasteiger partial charge in [-0.3, -0.25) is 0 Å². The first-order valence-electron chi connectivity index (χ1n) is 7.67. The fourth-order valence-electron chi connectivity index (χ4n) is 2.89. The highest BCUT2D eigenvalue weighted by Crippen LogP contribution is 2.34. The molecule has 2 aromatic rings. The van der Waals surface area contributed by atoms with Gasteiger partial charge < -0.3 is 19.5 Å². The molecule has 24 heavy (non-hydrogen) atoms. The van der Waals surface area contributed by atoms with E-state index in [1.54, 1.807) is 19.2 Å². The molecule has 8 heteroatoms. The van der Waals surface area contributed by atoms with E-state index in [9.17, 15) is 4.79 Å². The number of methoxy groups -OCH3 is 1. The van der Waals surface area contributed by atoms with Crippen molar-refractivity contribution in [3.05, 3.63) is 23.6 Å². The maximum absolute atomic E-state index is 11.1. The summed E-state index contributed by atoms with van der Waals surface area (Å²) < 4.78 is 11.3. The molecular formula is C16H18ClN3O4. The average Bonchev–Trinajstić information content (AvgIpc) is 2.60. The van der Waals surface area contributed by atoms with Crippen LogP contribution in [0.15, 0.2) is 18.5 Å². The molecule has 128 valence electrons. The Morgan fingerprint density at radius 1 is 1.42 bits per heavy atom. The molecule has 1 atom stereocenters. The summed E-state index contributed by atoms with van der Waals surface area (Å²) >= 11 is 6.07. The van der Waals surface area contributed by atoms with Gasteiger partial charge in [0, 0.05) is 30.5 Å². The lowest BCUT2D eigenvalue weighted by atomic mass is 9.99. The second-order valence-electron chi connectivity index (χ2n) is 5.73. The Morgan fingerprint density at radius 3 is 3.00 bits per heavy atom. The number of likely N-dealkylation sites (tertiary alicyclic amines) is 1. The molecule has 1 aliphatic heterocycles. The molecular weight excluding hydrogens is 334 g/mol. The molecule has 7 nitrogen and oxygen atoms in total. The Morgan fingerprint density at radius 2 is 2.25 bits per heavy atom. The minimum absolute atomic E-state index is 0.157. The number of fused-ring (bicyclic) bond motifs is 1.